The fourth-order valence-corrected chi connectivity index (χ4v) is 2.37. The van der Waals surface area contributed by atoms with Crippen LogP contribution >= 0.6 is 0 Å². The zero-order valence-electron chi connectivity index (χ0n) is 10.6. The van der Waals surface area contributed by atoms with Crippen LogP contribution in [0.5, 0.6) is 0 Å². The number of unbranched alkanes of at least 4 members (excludes halogenated alkanes) is 2. The van der Waals surface area contributed by atoms with E-state index in [9.17, 15) is 0 Å². The lowest BCUT2D eigenvalue weighted by Gasteiger charge is -2.10. The third kappa shape index (κ3) is 2.58. The van der Waals surface area contributed by atoms with Gasteiger partial charge in [-0.15, -0.1) is 0 Å². The van der Waals surface area contributed by atoms with Gasteiger partial charge in [0.1, 0.15) is 0 Å². The van der Waals surface area contributed by atoms with Gasteiger partial charge in [-0.2, -0.15) is 0 Å². The standard InChI is InChI=1S/C17H20/c1-3-5-6-10-16-14(4-2)12-13-15-9-7-8-11-17(15)16/h4,7-9,11-13H,2-3,5-6,10H2,1H3. The highest BCUT2D eigenvalue weighted by atomic mass is 14.1. The van der Waals surface area contributed by atoms with E-state index in [0.717, 1.165) is 6.42 Å². The molecule has 0 amide bonds. The summed E-state index contributed by atoms with van der Waals surface area (Å²) in [5, 5.41) is 2.73. The Morgan fingerprint density at radius 2 is 1.88 bits per heavy atom. The third-order valence-electron chi connectivity index (χ3n) is 3.33. The first-order valence-corrected chi connectivity index (χ1v) is 6.50. The van der Waals surface area contributed by atoms with Crippen molar-refractivity contribution in [1.29, 1.82) is 0 Å². The lowest BCUT2D eigenvalue weighted by molar-refractivity contribution is 0.719. The Balaban J connectivity index is 2.43. The van der Waals surface area contributed by atoms with Gasteiger partial charge in [-0.05, 0) is 34.7 Å². The molecule has 0 aliphatic rings. The van der Waals surface area contributed by atoms with Gasteiger partial charge in [0.15, 0.2) is 0 Å². The second-order valence-electron chi connectivity index (χ2n) is 4.52. The molecule has 0 saturated carbocycles. The molecule has 0 fully saturated rings. The quantitative estimate of drug-likeness (QED) is 0.611. The molecule has 0 atom stereocenters. The maximum absolute atomic E-state index is 3.93. The molecule has 0 saturated heterocycles. The van der Waals surface area contributed by atoms with Crippen LogP contribution in [-0.2, 0) is 6.42 Å². The molecule has 0 N–H and O–H groups in total. The van der Waals surface area contributed by atoms with Gasteiger partial charge in [0.2, 0.25) is 0 Å². The molecule has 0 nitrogen and oxygen atoms in total. The van der Waals surface area contributed by atoms with Crippen molar-refractivity contribution >= 4 is 16.8 Å². The van der Waals surface area contributed by atoms with Gasteiger partial charge < -0.3 is 0 Å². The summed E-state index contributed by atoms with van der Waals surface area (Å²) in [5.41, 5.74) is 2.76. The van der Waals surface area contributed by atoms with Gasteiger partial charge in [-0.1, -0.05) is 68.8 Å². The predicted molar refractivity (Wildman–Crippen MR) is 77.3 cm³/mol. The first kappa shape index (κ1) is 11.9. The normalized spacial score (nSPS) is 10.6. The molecule has 2 aromatic carbocycles. The van der Waals surface area contributed by atoms with Crippen LogP contribution in [0.2, 0.25) is 0 Å². The minimum Gasteiger partial charge on any atom is -0.0985 e. The molecule has 0 heterocycles. The van der Waals surface area contributed by atoms with E-state index < -0.39 is 0 Å². The summed E-state index contributed by atoms with van der Waals surface area (Å²) in [6, 6.07) is 13.0. The number of hydrogen-bond acceptors (Lipinski definition) is 0. The third-order valence-corrected chi connectivity index (χ3v) is 3.33. The zero-order valence-corrected chi connectivity index (χ0v) is 10.6. The van der Waals surface area contributed by atoms with Crippen molar-refractivity contribution in [3.8, 4) is 0 Å². The van der Waals surface area contributed by atoms with Crippen molar-refractivity contribution in [3.63, 3.8) is 0 Å². The van der Waals surface area contributed by atoms with Crippen molar-refractivity contribution in [2.75, 3.05) is 0 Å². The smallest absolute Gasteiger partial charge is 0.0146 e. The van der Waals surface area contributed by atoms with Gasteiger partial charge in [0, 0.05) is 0 Å². The topological polar surface area (TPSA) is 0 Å². The first-order chi connectivity index (χ1) is 8.36. The molecule has 0 heteroatoms. The fourth-order valence-electron chi connectivity index (χ4n) is 2.37. The van der Waals surface area contributed by atoms with Crippen LogP contribution in [0.15, 0.2) is 43.0 Å². The van der Waals surface area contributed by atoms with Crippen molar-refractivity contribution in [1.82, 2.24) is 0 Å². The van der Waals surface area contributed by atoms with Crippen LogP contribution in [-0.4, -0.2) is 0 Å². The SMILES string of the molecule is C=Cc1ccc2ccccc2c1CCCCC. The number of aryl methyl sites for hydroxylation is 1. The monoisotopic (exact) mass is 224 g/mol. The lowest BCUT2D eigenvalue weighted by atomic mass is 9.95. The minimum absolute atomic E-state index is 1.16. The highest BCUT2D eigenvalue weighted by molar-refractivity contribution is 5.88. The van der Waals surface area contributed by atoms with E-state index in [1.165, 1.54) is 41.2 Å². The molecule has 88 valence electrons. The molecule has 2 aromatic rings. The van der Waals surface area contributed by atoms with E-state index >= 15 is 0 Å². The Morgan fingerprint density at radius 3 is 2.65 bits per heavy atom. The van der Waals surface area contributed by atoms with E-state index in [1.54, 1.807) is 0 Å². The highest BCUT2D eigenvalue weighted by Crippen LogP contribution is 2.25. The lowest BCUT2D eigenvalue weighted by Crippen LogP contribution is -1.92. The first-order valence-electron chi connectivity index (χ1n) is 6.50. The van der Waals surface area contributed by atoms with Gasteiger partial charge >= 0.3 is 0 Å². The van der Waals surface area contributed by atoms with Gasteiger partial charge in [-0.25, -0.2) is 0 Å². The molecule has 17 heavy (non-hydrogen) atoms. The van der Waals surface area contributed by atoms with Crippen LogP contribution in [0.25, 0.3) is 16.8 Å². The van der Waals surface area contributed by atoms with E-state index in [4.69, 9.17) is 0 Å². The molecule has 0 bridgehead atoms. The average molecular weight is 224 g/mol. The molecule has 0 aliphatic heterocycles. The van der Waals surface area contributed by atoms with Gasteiger partial charge in [-0.3, -0.25) is 0 Å². The zero-order chi connectivity index (χ0) is 12.1. The average Bonchev–Trinajstić information content (AvgIpc) is 2.39. The van der Waals surface area contributed by atoms with E-state index in [2.05, 4.69) is 49.9 Å². The van der Waals surface area contributed by atoms with Crippen LogP contribution in [0.4, 0.5) is 0 Å². The fraction of sp³-hybridized carbons (Fsp3) is 0.294. The van der Waals surface area contributed by atoms with E-state index in [1.807, 2.05) is 6.08 Å². The van der Waals surface area contributed by atoms with Crippen LogP contribution in [0, 0.1) is 0 Å². The number of fused-ring (bicyclic) bond motifs is 1. The van der Waals surface area contributed by atoms with E-state index in [0.29, 0.717) is 0 Å². The molecule has 0 radical (unpaired) electrons. The molecule has 0 unspecified atom stereocenters. The second-order valence-corrected chi connectivity index (χ2v) is 4.52. The molecular formula is C17H20. The summed E-state index contributed by atoms with van der Waals surface area (Å²) in [6.45, 7) is 6.17. The Morgan fingerprint density at radius 1 is 1.06 bits per heavy atom. The Hall–Kier alpha value is -1.56. The molecular weight excluding hydrogens is 204 g/mol. The summed E-state index contributed by atoms with van der Waals surface area (Å²) in [4.78, 5) is 0. The summed E-state index contributed by atoms with van der Waals surface area (Å²) in [6.07, 6.45) is 6.99. The Labute approximate surface area is 104 Å². The number of benzene rings is 2. The number of rotatable bonds is 5. The molecule has 0 spiro atoms. The summed E-state index contributed by atoms with van der Waals surface area (Å²) < 4.78 is 0. The van der Waals surface area contributed by atoms with Crippen LogP contribution in [0.3, 0.4) is 0 Å². The Kier molecular flexibility index (Phi) is 3.98. The van der Waals surface area contributed by atoms with Crippen molar-refractivity contribution < 1.29 is 0 Å². The summed E-state index contributed by atoms with van der Waals surface area (Å²) >= 11 is 0. The number of hydrogen-bond donors (Lipinski definition) is 0. The van der Waals surface area contributed by atoms with Crippen molar-refractivity contribution in [3.05, 3.63) is 54.1 Å². The molecule has 0 aliphatic carbocycles. The molecule has 2 rings (SSSR count). The summed E-state index contributed by atoms with van der Waals surface area (Å²) in [5.74, 6) is 0. The largest absolute Gasteiger partial charge is 0.0985 e. The maximum atomic E-state index is 3.93. The second kappa shape index (κ2) is 5.67. The van der Waals surface area contributed by atoms with Gasteiger partial charge in [0.25, 0.3) is 0 Å². The van der Waals surface area contributed by atoms with Crippen LogP contribution in [0.1, 0.15) is 37.3 Å². The molecule has 0 aromatic heterocycles. The Bertz CT molecular complexity index is 508. The van der Waals surface area contributed by atoms with Gasteiger partial charge in [0.05, 0.1) is 0 Å². The highest BCUT2D eigenvalue weighted by Gasteiger charge is 2.04. The predicted octanol–water partition coefficient (Wildman–Crippen LogP) is 5.22. The van der Waals surface area contributed by atoms with Crippen molar-refractivity contribution in [2.24, 2.45) is 0 Å². The van der Waals surface area contributed by atoms with Crippen LogP contribution < -0.4 is 0 Å². The van der Waals surface area contributed by atoms with E-state index in [-0.39, 0.29) is 0 Å². The minimum atomic E-state index is 1.16. The summed E-state index contributed by atoms with van der Waals surface area (Å²) in [7, 11) is 0. The van der Waals surface area contributed by atoms with Crippen molar-refractivity contribution in [2.45, 2.75) is 32.6 Å². The maximum Gasteiger partial charge on any atom is -0.0146 e.